The zero-order valence-corrected chi connectivity index (χ0v) is 23.3. The van der Waals surface area contributed by atoms with Gasteiger partial charge in [0.2, 0.25) is 5.43 Å². The number of aliphatic carboxylic acids is 1. The average Bonchev–Trinajstić information content (AvgIpc) is 3.51. The number of thioether (sulfide) groups is 1. The molecule has 5 heterocycles. The monoisotopic (exact) mass is 608 g/mol. The van der Waals surface area contributed by atoms with E-state index in [4.69, 9.17) is 15.4 Å². The van der Waals surface area contributed by atoms with Crippen LogP contribution in [0.1, 0.15) is 17.8 Å². The lowest BCUT2D eigenvalue weighted by molar-refractivity contribution is -1.06. The van der Waals surface area contributed by atoms with Crippen LogP contribution in [0.2, 0.25) is 0 Å². The molecule has 16 nitrogen and oxygen atoms in total. The molecule has 2 fully saturated rings. The second-order valence-corrected chi connectivity index (χ2v) is 11.9. The van der Waals surface area contributed by atoms with Crippen LogP contribution in [0, 0.1) is 0 Å². The molecule has 2 aromatic rings. The molecule has 218 valence electrons. The highest BCUT2D eigenvalue weighted by molar-refractivity contribution is 8.00. The van der Waals surface area contributed by atoms with E-state index >= 15 is 0 Å². The van der Waals surface area contributed by atoms with Crippen molar-refractivity contribution < 1.29 is 44.1 Å². The number of oxime groups is 1. The Bertz CT molecular complexity index is 1550. The number of anilines is 1. The molecular formula is C23H26N7O9S2+. The van der Waals surface area contributed by atoms with Crippen LogP contribution in [0.25, 0.3) is 0 Å². The molecule has 41 heavy (non-hydrogen) atoms. The summed E-state index contributed by atoms with van der Waals surface area (Å²) >= 11 is 2.34. The quantitative estimate of drug-likeness (QED) is 0.0824. The summed E-state index contributed by atoms with van der Waals surface area (Å²) in [4.78, 5) is 66.7. The molecule has 0 aliphatic carbocycles. The number of quaternary nitrogens is 1. The minimum Gasteiger partial charge on any atom is -0.503 e. The molecule has 5 rings (SSSR count). The standard InChI is InChI=1S/C23H25N7O9S2/c1-30(2)4-3-15(39-30)11-8-40-21-17(20(34)29(21)18(11)22(35)36)26-19(33)16(12-9-41-23(24)25-12)27-38-7-10-5-13(31)14(32)6-28(10)37/h5-6,9,15,17,21,37H,3-4,7-8H2,1-2H3,(H4-,24,25,26,32,33,35,36)/p+1/b27-16-/t15-,17?,21?/m0/s1. The van der Waals surface area contributed by atoms with Gasteiger partial charge in [-0.2, -0.15) is 14.2 Å². The number of nitrogen functional groups attached to an aromatic ring is 1. The van der Waals surface area contributed by atoms with Gasteiger partial charge in [0.25, 0.3) is 11.8 Å². The number of hydrogen-bond acceptors (Lipinski definition) is 13. The van der Waals surface area contributed by atoms with Gasteiger partial charge in [-0.25, -0.2) is 9.78 Å². The van der Waals surface area contributed by atoms with Gasteiger partial charge in [0.05, 0.1) is 20.3 Å². The number of pyridine rings is 1. The molecular weight excluding hydrogens is 582 g/mol. The number of carbonyl (C=O) groups is 3. The minimum absolute atomic E-state index is 0.0459. The first-order valence-corrected chi connectivity index (χ1v) is 14.1. The average molecular weight is 609 g/mol. The molecule has 3 aliphatic heterocycles. The van der Waals surface area contributed by atoms with Crippen LogP contribution in [-0.2, 0) is 30.7 Å². The highest BCUT2D eigenvalue weighted by Gasteiger charge is 2.56. The second kappa shape index (κ2) is 10.7. The van der Waals surface area contributed by atoms with E-state index in [0.717, 1.165) is 28.5 Å². The number of amides is 2. The van der Waals surface area contributed by atoms with Crippen molar-refractivity contribution in [2.45, 2.75) is 30.5 Å². The van der Waals surface area contributed by atoms with Gasteiger partial charge in [0.1, 0.15) is 41.1 Å². The molecule has 0 bridgehead atoms. The van der Waals surface area contributed by atoms with E-state index < -0.39 is 53.1 Å². The number of β-lactam (4-membered cyclic amide) rings is 1. The molecule has 2 unspecified atom stereocenters. The molecule has 6 N–H and O–H groups in total. The van der Waals surface area contributed by atoms with Crippen molar-refractivity contribution in [1.29, 1.82) is 0 Å². The number of thiazole rings is 1. The van der Waals surface area contributed by atoms with Crippen molar-refractivity contribution in [3.05, 3.63) is 50.5 Å². The van der Waals surface area contributed by atoms with E-state index in [2.05, 4.69) is 15.5 Å². The normalized spacial score (nSPS) is 23.7. The van der Waals surface area contributed by atoms with Gasteiger partial charge in [0.15, 0.2) is 23.2 Å². The van der Waals surface area contributed by atoms with Crippen molar-refractivity contribution >= 4 is 51.7 Å². The van der Waals surface area contributed by atoms with Crippen molar-refractivity contribution in [1.82, 2.24) is 19.9 Å². The Morgan fingerprint density at radius 3 is 2.76 bits per heavy atom. The predicted octanol–water partition coefficient (Wildman–Crippen LogP) is -0.730. The summed E-state index contributed by atoms with van der Waals surface area (Å²) in [6.45, 7) is 0.224. The predicted molar refractivity (Wildman–Crippen MR) is 144 cm³/mol. The largest absolute Gasteiger partial charge is 0.503 e. The molecule has 3 aliphatic rings. The first-order valence-electron chi connectivity index (χ1n) is 12.1. The van der Waals surface area contributed by atoms with E-state index in [0.29, 0.717) is 29.0 Å². The summed E-state index contributed by atoms with van der Waals surface area (Å²) in [5, 5.41) is 36.5. The number of fused-ring (bicyclic) bond motifs is 1. The number of hydroxylamine groups is 3. The van der Waals surface area contributed by atoms with E-state index in [1.807, 2.05) is 14.1 Å². The highest BCUT2D eigenvalue weighted by atomic mass is 32.2. The third-order valence-electron chi connectivity index (χ3n) is 6.65. The number of carboxylic acids is 1. The van der Waals surface area contributed by atoms with E-state index in [1.54, 1.807) is 0 Å². The summed E-state index contributed by atoms with van der Waals surface area (Å²) in [5.74, 6) is -3.08. The highest BCUT2D eigenvalue weighted by Crippen LogP contribution is 2.43. The molecule has 2 aromatic heterocycles. The van der Waals surface area contributed by atoms with Crippen LogP contribution in [0.4, 0.5) is 5.13 Å². The van der Waals surface area contributed by atoms with Crippen molar-refractivity contribution in [3.63, 3.8) is 0 Å². The molecule has 2 saturated heterocycles. The Morgan fingerprint density at radius 1 is 1.37 bits per heavy atom. The molecule has 18 heteroatoms. The Morgan fingerprint density at radius 2 is 2.12 bits per heavy atom. The Hall–Kier alpha value is -4.13. The fourth-order valence-corrected chi connectivity index (χ4v) is 6.60. The lowest BCUT2D eigenvalue weighted by Gasteiger charge is -2.49. The zero-order chi connectivity index (χ0) is 29.6. The maximum absolute atomic E-state index is 13.3. The maximum Gasteiger partial charge on any atom is 0.352 e. The van der Waals surface area contributed by atoms with Crippen molar-refractivity contribution in [2.24, 2.45) is 5.16 Å². The Labute approximate surface area is 239 Å². The SMILES string of the molecule is C[N+]1(C)CC[C@@H](C2=C(C(=O)O)N3C(=O)C(NC(=O)/C(=N\OCc4cc(=O)c(O)cn4O)c4csc(N)n4)C3SC2)O1. The van der Waals surface area contributed by atoms with Crippen LogP contribution in [0.5, 0.6) is 5.75 Å². The fraction of sp³-hybridized carbons (Fsp3) is 0.391. The van der Waals surface area contributed by atoms with Crippen molar-refractivity contribution in [3.8, 4) is 5.75 Å². The van der Waals surface area contributed by atoms with Crippen LogP contribution in [0.3, 0.4) is 0 Å². The van der Waals surface area contributed by atoms with Gasteiger partial charge >= 0.3 is 5.97 Å². The fourth-order valence-electron chi connectivity index (χ4n) is 4.64. The number of carboxylic acid groups (broad SMARTS) is 1. The minimum atomic E-state index is -1.26. The molecule has 0 radical (unpaired) electrons. The molecule has 0 spiro atoms. The smallest absolute Gasteiger partial charge is 0.352 e. The molecule has 2 amide bonds. The third-order valence-corrected chi connectivity index (χ3v) is 8.63. The summed E-state index contributed by atoms with van der Waals surface area (Å²) in [5.41, 5.74) is 4.96. The number of nitrogens with one attached hydrogen (secondary N) is 1. The lowest BCUT2D eigenvalue weighted by Crippen LogP contribution is -2.71. The topological polar surface area (TPSA) is 219 Å². The van der Waals surface area contributed by atoms with Crippen molar-refractivity contribution in [2.75, 3.05) is 32.1 Å². The van der Waals surface area contributed by atoms with Gasteiger partial charge in [-0.1, -0.05) is 5.16 Å². The lowest BCUT2D eigenvalue weighted by atomic mass is 9.99. The Balaban J connectivity index is 1.34. The number of nitrogens with two attached hydrogens (primary N) is 1. The summed E-state index contributed by atoms with van der Waals surface area (Å²) in [7, 11) is 3.73. The van der Waals surface area contributed by atoms with E-state index in [9.17, 15) is 34.6 Å². The number of aromatic nitrogens is 2. The van der Waals surface area contributed by atoms with Crippen LogP contribution in [0.15, 0.2) is 38.9 Å². The first kappa shape index (κ1) is 28.4. The number of carbonyl (C=O) groups excluding carboxylic acids is 2. The van der Waals surface area contributed by atoms with Crippen LogP contribution >= 0.6 is 23.1 Å². The van der Waals surface area contributed by atoms with Gasteiger partial charge in [0, 0.05) is 29.2 Å². The third kappa shape index (κ3) is 5.45. The number of nitrogens with zero attached hydrogens (tertiary/aromatic N) is 5. The summed E-state index contributed by atoms with van der Waals surface area (Å²) < 4.78 is 0.739. The van der Waals surface area contributed by atoms with E-state index in [1.165, 1.54) is 17.1 Å². The van der Waals surface area contributed by atoms with Gasteiger partial charge in [-0.3, -0.25) is 19.3 Å². The number of hydrogen-bond donors (Lipinski definition) is 5. The first-order chi connectivity index (χ1) is 19.4. The van der Waals surface area contributed by atoms with E-state index in [-0.39, 0.29) is 32.6 Å². The van der Waals surface area contributed by atoms with Gasteiger partial charge in [-0.15, -0.1) is 23.1 Å². The van der Waals surface area contributed by atoms with Crippen LogP contribution in [-0.4, -0.2) is 102 Å². The van der Waals surface area contributed by atoms with Gasteiger partial charge < -0.3 is 31.3 Å². The second-order valence-electron chi connectivity index (χ2n) is 9.86. The van der Waals surface area contributed by atoms with Crippen LogP contribution < -0.4 is 16.5 Å². The molecule has 3 atom stereocenters. The zero-order valence-electron chi connectivity index (χ0n) is 21.7. The maximum atomic E-state index is 13.3. The molecule has 0 saturated carbocycles. The summed E-state index contributed by atoms with van der Waals surface area (Å²) in [6, 6.07) is -0.132. The Kier molecular flexibility index (Phi) is 7.41. The molecule has 0 aromatic carbocycles. The summed E-state index contributed by atoms with van der Waals surface area (Å²) in [6.07, 6.45) is 0.944. The number of aromatic hydroxyl groups is 1. The van der Waals surface area contributed by atoms with Gasteiger partial charge in [-0.05, 0) is 0 Å². The number of rotatable bonds is 8.